The standard InChI is InChI=1S/C10H8F3NO3S/c11-10(12,13)9(18(14,15)16)8-5-6-3-1-2-4-7(6)17-8/h1-5,9H,(H2,14,15,16). The first-order valence-electron chi connectivity index (χ1n) is 4.76. The number of furan rings is 1. The predicted molar refractivity (Wildman–Crippen MR) is 58.1 cm³/mol. The van der Waals surface area contributed by atoms with E-state index >= 15 is 0 Å². The van der Waals surface area contributed by atoms with Gasteiger partial charge in [0.15, 0.2) is 0 Å². The van der Waals surface area contributed by atoms with E-state index in [4.69, 9.17) is 4.42 Å². The van der Waals surface area contributed by atoms with Crippen LogP contribution in [0.5, 0.6) is 0 Å². The topological polar surface area (TPSA) is 73.3 Å². The summed E-state index contributed by atoms with van der Waals surface area (Å²) in [5, 5.41) is 2.14. The summed E-state index contributed by atoms with van der Waals surface area (Å²) in [6, 6.07) is 7.14. The lowest BCUT2D eigenvalue weighted by Crippen LogP contribution is -2.33. The highest BCUT2D eigenvalue weighted by Gasteiger charge is 2.50. The number of alkyl halides is 3. The average Bonchev–Trinajstić information content (AvgIpc) is 2.54. The zero-order valence-electron chi connectivity index (χ0n) is 8.81. The average molecular weight is 279 g/mol. The smallest absolute Gasteiger partial charge is 0.413 e. The molecule has 0 fully saturated rings. The predicted octanol–water partition coefficient (Wildman–Crippen LogP) is 2.32. The molecule has 98 valence electrons. The Labute approximate surface area is 100 Å². The minimum Gasteiger partial charge on any atom is -0.459 e. The van der Waals surface area contributed by atoms with E-state index in [1.54, 1.807) is 12.1 Å². The first-order valence-corrected chi connectivity index (χ1v) is 6.37. The largest absolute Gasteiger partial charge is 0.459 e. The number of hydrogen-bond acceptors (Lipinski definition) is 3. The van der Waals surface area contributed by atoms with E-state index < -0.39 is 27.2 Å². The molecule has 1 unspecified atom stereocenters. The van der Waals surface area contributed by atoms with Gasteiger partial charge in [-0.3, -0.25) is 0 Å². The third kappa shape index (κ3) is 2.34. The fourth-order valence-electron chi connectivity index (χ4n) is 1.64. The Hall–Kier alpha value is -1.54. The molecule has 2 N–H and O–H groups in total. The summed E-state index contributed by atoms with van der Waals surface area (Å²) < 4.78 is 65.1. The van der Waals surface area contributed by atoms with Crippen LogP contribution in [-0.2, 0) is 10.0 Å². The molecule has 18 heavy (non-hydrogen) atoms. The molecule has 0 amide bonds. The first kappa shape index (κ1) is 12.9. The molecule has 1 atom stereocenters. The number of rotatable bonds is 2. The number of sulfonamides is 1. The molecular weight excluding hydrogens is 271 g/mol. The van der Waals surface area contributed by atoms with E-state index in [0.29, 0.717) is 5.39 Å². The normalized spacial score (nSPS) is 14.9. The Morgan fingerprint density at radius 3 is 2.33 bits per heavy atom. The van der Waals surface area contributed by atoms with Gasteiger partial charge in [0.2, 0.25) is 15.3 Å². The van der Waals surface area contributed by atoms with Crippen molar-refractivity contribution in [2.45, 2.75) is 11.4 Å². The van der Waals surface area contributed by atoms with Gasteiger partial charge in [-0.25, -0.2) is 13.6 Å². The lowest BCUT2D eigenvalue weighted by Gasteiger charge is -2.15. The molecule has 0 bridgehead atoms. The fraction of sp³-hybridized carbons (Fsp3) is 0.200. The molecule has 0 radical (unpaired) electrons. The Kier molecular flexibility index (Phi) is 2.86. The van der Waals surface area contributed by atoms with Crippen molar-refractivity contribution in [1.29, 1.82) is 0 Å². The maximum Gasteiger partial charge on any atom is 0.413 e. The third-order valence-corrected chi connectivity index (χ3v) is 3.49. The van der Waals surface area contributed by atoms with Crippen molar-refractivity contribution in [2.75, 3.05) is 0 Å². The van der Waals surface area contributed by atoms with Gasteiger partial charge in [0, 0.05) is 5.39 Å². The van der Waals surface area contributed by atoms with E-state index in [2.05, 4.69) is 5.14 Å². The van der Waals surface area contributed by atoms with Crippen LogP contribution in [0.4, 0.5) is 13.2 Å². The van der Waals surface area contributed by atoms with E-state index in [1.165, 1.54) is 12.1 Å². The number of benzene rings is 1. The summed E-state index contributed by atoms with van der Waals surface area (Å²) in [6.07, 6.45) is -5.03. The quantitative estimate of drug-likeness (QED) is 0.916. The highest BCUT2D eigenvalue weighted by Crippen LogP contribution is 2.39. The summed E-state index contributed by atoms with van der Waals surface area (Å²) in [5.74, 6) is -0.730. The molecule has 0 aliphatic carbocycles. The number of primary sulfonamides is 1. The molecular formula is C10H8F3NO3S. The molecule has 0 aliphatic rings. The van der Waals surface area contributed by atoms with E-state index in [-0.39, 0.29) is 5.58 Å². The summed E-state index contributed by atoms with van der Waals surface area (Å²) in [7, 11) is -4.84. The Balaban J connectivity index is 2.63. The fourth-order valence-corrected chi connectivity index (χ4v) is 2.45. The van der Waals surface area contributed by atoms with Gasteiger partial charge >= 0.3 is 6.18 Å². The molecule has 1 aromatic heterocycles. The van der Waals surface area contributed by atoms with Gasteiger partial charge in [0.25, 0.3) is 0 Å². The lowest BCUT2D eigenvalue weighted by atomic mass is 10.2. The molecule has 2 aromatic rings. The maximum absolute atomic E-state index is 12.7. The number of nitrogens with two attached hydrogens (primary N) is 1. The zero-order valence-corrected chi connectivity index (χ0v) is 9.62. The zero-order chi connectivity index (χ0) is 13.6. The van der Waals surface area contributed by atoms with Crippen molar-refractivity contribution in [3.63, 3.8) is 0 Å². The van der Waals surface area contributed by atoms with Gasteiger partial charge in [0.1, 0.15) is 11.3 Å². The van der Waals surface area contributed by atoms with Crippen molar-refractivity contribution in [1.82, 2.24) is 0 Å². The van der Waals surface area contributed by atoms with Crippen molar-refractivity contribution < 1.29 is 26.0 Å². The van der Waals surface area contributed by atoms with E-state index in [1.807, 2.05) is 0 Å². The Morgan fingerprint density at radius 2 is 1.83 bits per heavy atom. The molecule has 0 saturated heterocycles. The van der Waals surface area contributed by atoms with Crippen LogP contribution in [0, 0.1) is 0 Å². The summed E-state index contributed by atoms with van der Waals surface area (Å²) >= 11 is 0. The highest BCUT2D eigenvalue weighted by atomic mass is 32.2. The SMILES string of the molecule is NS(=O)(=O)C(c1cc2ccccc2o1)C(F)(F)F. The molecule has 0 saturated carbocycles. The van der Waals surface area contributed by atoms with Crippen LogP contribution < -0.4 is 5.14 Å². The van der Waals surface area contributed by atoms with Crippen LogP contribution in [0.2, 0.25) is 0 Å². The summed E-state index contributed by atoms with van der Waals surface area (Å²) in [5.41, 5.74) is 0.172. The van der Waals surface area contributed by atoms with E-state index in [9.17, 15) is 21.6 Å². The molecule has 8 heteroatoms. The van der Waals surface area contributed by atoms with Gasteiger partial charge in [-0.05, 0) is 12.1 Å². The molecule has 0 aliphatic heterocycles. The number of hydrogen-bond donors (Lipinski definition) is 1. The first-order chi connectivity index (χ1) is 8.19. The minimum absolute atomic E-state index is 0.172. The maximum atomic E-state index is 12.7. The molecule has 0 spiro atoms. The van der Waals surface area contributed by atoms with Crippen molar-refractivity contribution in [3.05, 3.63) is 36.1 Å². The van der Waals surface area contributed by atoms with Crippen molar-refractivity contribution in [3.8, 4) is 0 Å². The lowest BCUT2D eigenvalue weighted by molar-refractivity contribution is -0.134. The minimum atomic E-state index is -5.03. The summed E-state index contributed by atoms with van der Waals surface area (Å²) in [4.78, 5) is 0. The van der Waals surface area contributed by atoms with E-state index in [0.717, 1.165) is 6.07 Å². The highest BCUT2D eigenvalue weighted by molar-refractivity contribution is 7.89. The third-order valence-electron chi connectivity index (χ3n) is 2.33. The monoisotopic (exact) mass is 279 g/mol. The molecule has 4 nitrogen and oxygen atoms in total. The van der Waals surface area contributed by atoms with Gasteiger partial charge in [-0.1, -0.05) is 18.2 Å². The van der Waals surface area contributed by atoms with Crippen LogP contribution in [-0.4, -0.2) is 14.6 Å². The van der Waals surface area contributed by atoms with Crippen molar-refractivity contribution >= 4 is 21.0 Å². The van der Waals surface area contributed by atoms with Gasteiger partial charge in [0.05, 0.1) is 0 Å². The molecule has 2 rings (SSSR count). The van der Waals surface area contributed by atoms with Gasteiger partial charge in [-0.15, -0.1) is 0 Å². The van der Waals surface area contributed by atoms with Crippen LogP contribution >= 0.6 is 0 Å². The molecule has 1 aromatic carbocycles. The van der Waals surface area contributed by atoms with Crippen LogP contribution in [0.3, 0.4) is 0 Å². The van der Waals surface area contributed by atoms with Gasteiger partial charge in [-0.2, -0.15) is 13.2 Å². The van der Waals surface area contributed by atoms with Crippen LogP contribution in [0.1, 0.15) is 11.0 Å². The second-order valence-corrected chi connectivity index (χ2v) is 5.35. The second kappa shape index (κ2) is 3.99. The number of fused-ring (bicyclic) bond motifs is 1. The summed E-state index contributed by atoms with van der Waals surface area (Å²) in [6.45, 7) is 0. The number of halogens is 3. The van der Waals surface area contributed by atoms with Gasteiger partial charge < -0.3 is 4.42 Å². The van der Waals surface area contributed by atoms with Crippen molar-refractivity contribution in [2.24, 2.45) is 5.14 Å². The Bertz CT molecular complexity index is 642. The number of para-hydroxylation sites is 1. The van der Waals surface area contributed by atoms with Crippen LogP contribution in [0.25, 0.3) is 11.0 Å². The molecule has 1 heterocycles. The Morgan fingerprint density at radius 1 is 1.22 bits per heavy atom. The van der Waals surface area contributed by atoms with Crippen LogP contribution in [0.15, 0.2) is 34.7 Å². The second-order valence-electron chi connectivity index (χ2n) is 3.70.